The molecule has 1 aliphatic rings. The van der Waals surface area contributed by atoms with Crippen LogP contribution in [0.5, 0.6) is 0 Å². The highest BCUT2D eigenvalue weighted by Gasteiger charge is 2.19. The molecule has 0 atom stereocenters. The molecule has 0 unspecified atom stereocenters. The number of hydrogen-bond donors (Lipinski definition) is 2. The Labute approximate surface area is 140 Å². The van der Waals surface area contributed by atoms with Gasteiger partial charge in [-0.15, -0.1) is 24.0 Å². The van der Waals surface area contributed by atoms with E-state index in [1.165, 1.54) is 25.9 Å². The van der Waals surface area contributed by atoms with Crippen molar-refractivity contribution >= 4 is 29.9 Å². The van der Waals surface area contributed by atoms with Crippen molar-refractivity contribution in [1.29, 1.82) is 0 Å². The van der Waals surface area contributed by atoms with Crippen molar-refractivity contribution in [3.63, 3.8) is 0 Å². The topological polar surface area (TPSA) is 56.9 Å². The van der Waals surface area contributed by atoms with Crippen LogP contribution in [-0.2, 0) is 0 Å². The minimum absolute atomic E-state index is 0. The summed E-state index contributed by atoms with van der Waals surface area (Å²) in [5, 5.41) is 3.15. The lowest BCUT2D eigenvalue weighted by molar-refractivity contribution is 0.147. The van der Waals surface area contributed by atoms with Crippen LogP contribution < -0.4 is 11.1 Å². The second kappa shape index (κ2) is 10.4. The van der Waals surface area contributed by atoms with E-state index < -0.39 is 0 Å². The fourth-order valence-electron chi connectivity index (χ4n) is 2.28. The average Bonchev–Trinajstić information content (AvgIpc) is 2.37. The third kappa shape index (κ3) is 8.06. The quantitative estimate of drug-likeness (QED) is 0.306. The molecule has 6 heteroatoms. The van der Waals surface area contributed by atoms with Gasteiger partial charge in [0.1, 0.15) is 0 Å². The zero-order valence-corrected chi connectivity index (χ0v) is 15.4. The van der Waals surface area contributed by atoms with Crippen molar-refractivity contribution in [2.45, 2.75) is 25.8 Å². The highest BCUT2D eigenvalue weighted by molar-refractivity contribution is 14.0. The van der Waals surface area contributed by atoms with Gasteiger partial charge in [0.15, 0.2) is 5.96 Å². The third-order valence-electron chi connectivity index (χ3n) is 3.54. The molecule has 0 aromatic carbocycles. The lowest BCUT2D eigenvalue weighted by atomic mass is 10.0. The van der Waals surface area contributed by atoms with E-state index in [4.69, 9.17) is 5.73 Å². The van der Waals surface area contributed by atoms with E-state index in [-0.39, 0.29) is 24.0 Å². The molecular weight excluding hydrogens is 365 g/mol. The van der Waals surface area contributed by atoms with Gasteiger partial charge in [0.2, 0.25) is 0 Å². The standard InChI is InChI=1S/C14H29N5.HI/c1-12(2)11-17-14(15)16-7-10-19-8-5-13(6-9-19)18(3)4;/h13H,1,5-11H2,2-4H3,(H3,15,16,17);1H. The fourth-order valence-corrected chi connectivity index (χ4v) is 2.28. The highest BCUT2D eigenvalue weighted by atomic mass is 127. The second-order valence-electron chi connectivity index (χ2n) is 5.62. The molecule has 0 aliphatic carbocycles. The van der Waals surface area contributed by atoms with Gasteiger partial charge in [-0.25, -0.2) is 4.99 Å². The molecule has 1 heterocycles. The van der Waals surface area contributed by atoms with Crippen LogP contribution >= 0.6 is 24.0 Å². The smallest absolute Gasteiger partial charge is 0.188 e. The zero-order valence-electron chi connectivity index (χ0n) is 13.1. The molecule has 3 N–H and O–H groups in total. The number of halogens is 1. The number of aliphatic imine (C=N–C) groups is 1. The van der Waals surface area contributed by atoms with Crippen LogP contribution in [0.2, 0.25) is 0 Å². The summed E-state index contributed by atoms with van der Waals surface area (Å²) < 4.78 is 0. The van der Waals surface area contributed by atoms with Gasteiger partial charge in [0.25, 0.3) is 0 Å². The lowest BCUT2D eigenvalue weighted by Gasteiger charge is -2.35. The summed E-state index contributed by atoms with van der Waals surface area (Å²) in [6, 6.07) is 0.742. The Hall–Kier alpha value is -0.340. The Bertz CT molecular complexity index is 309. The van der Waals surface area contributed by atoms with Crippen molar-refractivity contribution in [1.82, 2.24) is 15.1 Å². The summed E-state index contributed by atoms with van der Waals surface area (Å²) in [7, 11) is 4.33. The SMILES string of the molecule is C=C(C)CN=C(N)NCCN1CCC(N(C)C)CC1.I. The highest BCUT2D eigenvalue weighted by Crippen LogP contribution is 2.13. The summed E-state index contributed by atoms with van der Waals surface area (Å²) >= 11 is 0. The first kappa shape index (κ1) is 19.7. The van der Waals surface area contributed by atoms with Crippen molar-refractivity contribution in [2.24, 2.45) is 10.7 Å². The predicted molar refractivity (Wildman–Crippen MR) is 97.9 cm³/mol. The van der Waals surface area contributed by atoms with Crippen LogP contribution in [0.3, 0.4) is 0 Å². The molecule has 1 saturated heterocycles. The molecule has 1 aliphatic heterocycles. The maximum Gasteiger partial charge on any atom is 0.188 e. The normalized spacial score (nSPS) is 17.9. The van der Waals surface area contributed by atoms with Crippen molar-refractivity contribution in [2.75, 3.05) is 46.8 Å². The van der Waals surface area contributed by atoms with Crippen LogP contribution in [0.4, 0.5) is 0 Å². The number of rotatable bonds is 6. The Balaban J connectivity index is 0.00000361. The van der Waals surface area contributed by atoms with Gasteiger partial charge < -0.3 is 20.9 Å². The van der Waals surface area contributed by atoms with Gasteiger partial charge in [-0.05, 0) is 47.0 Å². The minimum Gasteiger partial charge on any atom is -0.370 e. The van der Waals surface area contributed by atoms with E-state index in [9.17, 15) is 0 Å². The van der Waals surface area contributed by atoms with E-state index in [2.05, 4.69) is 40.8 Å². The zero-order chi connectivity index (χ0) is 14.3. The molecule has 0 bridgehead atoms. The van der Waals surface area contributed by atoms with Crippen LogP contribution in [-0.4, -0.2) is 68.6 Å². The molecule has 0 saturated carbocycles. The molecule has 0 aromatic rings. The van der Waals surface area contributed by atoms with Crippen LogP contribution in [0.25, 0.3) is 0 Å². The van der Waals surface area contributed by atoms with Gasteiger partial charge in [-0.1, -0.05) is 12.2 Å². The van der Waals surface area contributed by atoms with Crippen molar-refractivity contribution in [3.8, 4) is 0 Å². The molecule has 0 aromatic heterocycles. The Morgan fingerprint density at radius 3 is 2.50 bits per heavy atom. The minimum atomic E-state index is 0. The maximum absolute atomic E-state index is 5.77. The predicted octanol–water partition coefficient (Wildman–Crippen LogP) is 1.11. The Morgan fingerprint density at radius 2 is 2.00 bits per heavy atom. The average molecular weight is 395 g/mol. The Morgan fingerprint density at radius 1 is 1.40 bits per heavy atom. The Kier molecular flexibility index (Phi) is 10.2. The molecule has 20 heavy (non-hydrogen) atoms. The summed E-state index contributed by atoms with van der Waals surface area (Å²) in [4.78, 5) is 9.02. The van der Waals surface area contributed by atoms with E-state index in [1.807, 2.05) is 6.92 Å². The molecule has 1 rings (SSSR count). The fraction of sp³-hybridized carbons (Fsp3) is 0.786. The first-order chi connectivity index (χ1) is 8.99. The first-order valence-corrected chi connectivity index (χ1v) is 7.06. The maximum atomic E-state index is 5.77. The first-order valence-electron chi connectivity index (χ1n) is 7.06. The molecule has 0 amide bonds. The molecule has 0 radical (unpaired) electrons. The van der Waals surface area contributed by atoms with E-state index >= 15 is 0 Å². The summed E-state index contributed by atoms with van der Waals surface area (Å²) in [5.74, 6) is 0.520. The third-order valence-corrected chi connectivity index (χ3v) is 3.54. The molecule has 118 valence electrons. The lowest BCUT2D eigenvalue weighted by Crippen LogP contribution is -2.45. The molecule has 0 spiro atoms. The summed E-state index contributed by atoms with van der Waals surface area (Å²) in [5.41, 5.74) is 6.80. The molecule has 1 fully saturated rings. The largest absolute Gasteiger partial charge is 0.370 e. The van der Waals surface area contributed by atoms with Crippen molar-refractivity contribution < 1.29 is 0 Å². The summed E-state index contributed by atoms with van der Waals surface area (Å²) in [6.45, 7) is 10.6. The van der Waals surface area contributed by atoms with Gasteiger partial charge >= 0.3 is 0 Å². The summed E-state index contributed by atoms with van der Waals surface area (Å²) in [6.07, 6.45) is 2.51. The number of guanidine groups is 1. The van der Waals surface area contributed by atoms with Crippen LogP contribution in [0.15, 0.2) is 17.1 Å². The molecular formula is C14H30IN5. The number of piperidine rings is 1. The number of nitrogens with two attached hydrogens (primary N) is 1. The monoisotopic (exact) mass is 395 g/mol. The second-order valence-corrected chi connectivity index (χ2v) is 5.62. The number of nitrogens with zero attached hydrogens (tertiary/aromatic N) is 3. The van der Waals surface area contributed by atoms with Crippen LogP contribution in [0, 0.1) is 0 Å². The van der Waals surface area contributed by atoms with E-state index in [0.717, 1.165) is 24.7 Å². The van der Waals surface area contributed by atoms with Gasteiger partial charge in [0.05, 0.1) is 6.54 Å². The number of hydrogen-bond acceptors (Lipinski definition) is 3. The van der Waals surface area contributed by atoms with Crippen molar-refractivity contribution in [3.05, 3.63) is 12.2 Å². The van der Waals surface area contributed by atoms with Gasteiger partial charge in [-0.3, -0.25) is 0 Å². The molecule has 5 nitrogen and oxygen atoms in total. The van der Waals surface area contributed by atoms with Crippen LogP contribution in [0.1, 0.15) is 19.8 Å². The van der Waals surface area contributed by atoms with Gasteiger partial charge in [-0.2, -0.15) is 0 Å². The number of likely N-dealkylation sites (tertiary alicyclic amines) is 1. The van der Waals surface area contributed by atoms with Gasteiger partial charge in [0, 0.05) is 19.1 Å². The van der Waals surface area contributed by atoms with E-state index in [0.29, 0.717) is 12.5 Å². The number of nitrogens with one attached hydrogen (secondary N) is 1. The van der Waals surface area contributed by atoms with E-state index in [1.54, 1.807) is 0 Å².